The van der Waals surface area contributed by atoms with Crippen molar-refractivity contribution < 1.29 is 49.4 Å². The molecule has 530 valence electrons. The zero-order chi connectivity index (χ0) is 65.7. The Hall–Kier alpha value is -2.28. The molecule has 0 bridgehead atoms. The predicted octanol–water partition coefficient (Wildman–Crippen LogP) is 20.9. The average Bonchev–Trinajstić information content (AvgIpc) is 2.48. The van der Waals surface area contributed by atoms with E-state index >= 15 is 0 Å². The Morgan fingerprint density at radius 3 is 0.775 bits per heavy atom. The Labute approximate surface area is 550 Å². The van der Waals surface area contributed by atoms with Crippen molar-refractivity contribution >= 4 is 23.8 Å². The van der Waals surface area contributed by atoms with Crippen LogP contribution in [-0.2, 0) is 23.9 Å². The number of nitrogens with one attached hydrogen (secondary N) is 2. The van der Waals surface area contributed by atoms with E-state index in [1.807, 2.05) is 0 Å². The minimum Gasteiger partial charge on any atom is -0.481 e. The Bertz CT molecular complexity index is 1500. The van der Waals surface area contributed by atoms with Gasteiger partial charge in [-0.05, 0) is 25.7 Å². The number of ether oxygens (including phenoxy) is 1. The molecule has 0 aromatic carbocycles. The molecule has 2 atom stereocenters. The molecule has 2 amide bonds. The van der Waals surface area contributed by atoms with Crippen molar-refractivity contribution in [3.8, 4) is 0 Å². The second kappa shape index (κ2) is 70.0. The van der Waals surface area contributed by atoms with Crippen LogP contribution in [0, 0.1) is 0 Å². The quantitative estimate of drug-likeness (QED) is 0.0227. The van der Waals surface area contributed by atoms with Gasteiger partial charge in [0.25, 0.3) is 0 Å². The average molecular weight is 1270 g/mol. The highest BCUT2D eigenvalue weighted by molar-refractivity contribution is 5.89. The number of hydrogen-bond acceptors (Lipinski definition) is 9. The Morgan fingerprint density at radius 1 is 0.315 bits per heavy atom. The molecule has 0 aromatic rings. The van der Waals surface area contributed by atoms with E-state index in [0.29, 0.717) is 25.7 Å². The number of esters is 1. The summed E-state index contributed by atoms with van der Waals surface area (Å²) in [4.78, 5) is 50.8. The summed E-state index contributed by atoms with van der Waals surface area (Å²) >= 11 is 0. The van der Waals surface area contributed by atoms with Crippen molar-refractivity contribution in [2.75, 3.05) is 26.4 Å². The van der Waals surface area contributed by atoms with Crippen molar-refractivity contribution in [3.05, 3.63) is 0 Å². The van der Waals surface area contributed by atoms with Crippen LogP contribution < -0.4 is 10.6 Å². The van der Waals surface area contributed by atoms with Crippen molar-refractivity contribution in [1.82, 2.24) is 10.6 Å². The summed E-state index contributed by atoms with van der Waals surface area (Å²) in [6.45, 7) is 6.16. The first-order valence-corrected chi connectivity index (χ1v) is 39.0. The van der Waals surface area contributed by atoms with E-state index in [-0.39, 0.29) is 25.2 Å². The number of carboxylic acid groups (broad SMARTS) is 1. The topological polar surface area (TPSA) is 203 Å². The van der Waals surface area contributed by atoms with Gasteiger partial charge in [-0.2, -0.15) is 0 Å². The van der Waals surface area contributed by atoms with E-state index in [1.165, 1.54) is 283 Å². The summed E-state index contributed by atoms with van der Waals surface area (Å²) in [5.74, 6) is -2.52. The number of hydrogen-bond donors (Lipinski definition) is 7. The van der Waals surface area contributed by atoms with Crippen LogP contribution in [0.5, 0.6) is 0 Å². The number of amides is 2. The van der Waals surface area contributed by atoms with Crippen molar-refractivity contribution in [1.29, 1.82) is 0 Å². The summed E-state index contributed by atoms with van der Waals surface area (Å²) in [6, 6.07) is 0. The fourth-order valence-electron chi connectivity index (χ4n) is 12.3. The third-order valence-electron chi connectivity index (χ3n) is 18.6. The summed E-state index contributed by atoms with van der Waals surface area (Å²) < 4.78 is 5.64. The molecule has 0 spiro atoms. The molecular weight excluding hydrogens is 1110 g/mol. The standard InChI is InChI=1S/C59H116N2O8.C18H36O2/c1-4-7-10-13-16-19-22-25-27-30-33-36-39-42-45-48-55(66)60-58(50-62,51-63)53-69-57(68)59(52-64,54(65)47-44-41-38-35-32-29-24-21-18-15-12-9-6-3)61-56(67)49-46-43-40-37-34-31-28-26-23-20-17-14-11-8-5-2;1-2-3-4-5-6-7-8-9-10-11-12-13-14-15-16-17-18(19)20/h54,62-65H,4-53H2,1-3H3,(H,60,66)(H,61,67);2-17H2,1H3,(H,19,20). The molecular formula is C77H152N2O10. The van der Waals surface area contributed by atoms with E-state index in [4.69, 9.17) is 9.84 Å². The molecule has 12 nitrogen and oxygen atoms in total. The molecule has 0 aliphatic heterocycles. The molecule has 0 fully saturated rings. The zero-order valence-electron chi connectivity index (χ0n) is 59.5. The van der Waals surface area contributed by atoms with Crippen LogP contribution in [0.4, 0.5) is 0 Å². The summed E-state index contributed by atoms with van der Waals surface area (Å²) in [5, 5.41) is 57.0. The SMILES string of the molecule is CCCCCCCCCCCCCCCCCC(=O)NC(CO)(CO)COC(=O)C(CO)(NC(=O)CCCCCCCCCCCCCCCCC)C(O)CCCCCCCCCCCCCCC.CCCCCCCCCCCCCCCCCC(=O)O. The van der Waals surface area contributed by atoms with Crippen LogP contribution >= 0.6 is 0 Å². The van der Waals surface area contributed by atoms with Crippen LogP contribution in [0.15, 0.2) is 0 Å². The van der Waals surface area contributed by atoms with Crippen LogP contribution in [0.3, 0.4) is 0 Å². The number of carboxylic acids is 1. The maximum Gasteiger partial charge on any atom is 0.337 e. The molecule has 0 aliphatic rings. The maximum absolute atomic E-state index is 14.0. The van der Waals surface area contributed by atoms with Crippen LogP contribution in [0.25, 0.3) is 0 Å². The highest BCUT2D eigenvalue weighted by Gasteiger charge is 2.48. The van der Waals surface area contributed by atoms with E-state index in [2.05, 4.69) is 38.3 Å². The first kappa shape index (κ1) is 88.8. The lowest BCUT2D eigenvalue weighted by Gasteiger charge is -2.37. The fourth-order valence-corrected chi connectivity index (χ4v) is 12.3. The molecule has 0 saturated heterocycles. The smallest absolute Gasteiger partial charge is 0.337 e. The van der Waals surface area contributed by atoms with Gasteiger partial charge in [0, 0.05) is 19.3 Å². The fraction of sp³-hybridized carbons (Fsp3) is 0.948. The molecule has 0 aliphatic carbocycles. The van der Waals surface area contributed by atoms with Gasteiger partial charge in [-0.25, -0.2) is 4.79 Å². The second-order valence-electron chi connectivity index (χ2n) is 27.4. The van der Waals surface area contributed by atoms with Crippen LogP contribution in [-0.4, -0.2) is 92.9 Å². The molecule has 0 aromatic heterocycles. The van der Waals surface area contributed by atoms with Gasteiger partial charge in [0.05, 0.1) is 25.9 Å². The molecule has 12 heteroatoms. The first-order chi connectivity index (χ1) is 43.5. The third-order valence-corrected chi connectivity index (χ3v) is 18.6. The van der Waals surface area contributed by atoms with Gasteiger partial charge in [0.15, 0.2) is 5.54 Å². The zero-order valence-corrected chi connectivity index (χ0v) is 59.5. The largest absolute Gasteiger partial charge is 0.481 e. The molecule has 89 heavy (non-hydrogen) atoms. The van der Waals surface area contributed by atoms with Gasteiger partial charge < -0.3 is 40.9 Å². The third kappa shape index (κ3) is 59.2. The Kier molecular flexibility index (Phi) is 69.9. The lowest BCUT2D eigenvalue weighted by atomic mass is 9.88. The van der Waals surface area contributed by atoms with E-state index in [9.17, 15) is 39.6 Å². The first-order valence-electron chi connectivity index (χ1n) is 39.0. The van der Waals surface area contributed by atoms with Crippen LogP contribution in [0.2, 0.25) is 0 Å². The van der Waals surface area contributed by atoms with Gasteiger partial charge in [-0.1, -0.05) is 381 Å². The minimum atomic E-state index is -2.13. The predicted molar refractivity (Wildman–Crippen MR) is 377 cm³/mol. The number of aliphatic carboxylic acids is 1. The number of carbonyl (C=O) groups excluding carboxylic acids is 3. The van der Waals surface area contributed by atoms with Gasteiger partial charge in [0.2, 0.25) is 11.8 Å². The van der Waals surface area contributed by atoms with Crippen LogP contribution in [0.1, 0.15) is 426 Å². The number of unbranched alkanes of at least 4 members (excludes halogenated alkanes) is 54. The molecule has 0 saturated carbocycles. The molecule has 0 radical (unpaired) electrons. The molecule has 0 rings (SSSR count). The number of carbonyl (C=O) groups is 4. The lowest BCUT2D eigenvalue weighted by molar-refractivity contribution is -0.167. The molecule has 2 unspecified atom stereocenters. The number of aliphatic hydroxyl groups is 4. The highest BCUT2D eigenvalue weighted by Crippen LogP contribution is 2.24. The Balaban J connectivity index is 0. The number of rotatable bonds is 71. The van der Waals surface area contributed by atoms with Gasteiger partial charge >= 0.3 is 11.9 Å². The second-order valence-corrected chi connectivity index (χ2v) is 27.4. The normalized spacial score (nSPS) is 12.6. The van der Waals surface area contributed by atoms with E-state index in [0.717, 1.165) is 70.6 Å². The summed E-state index contributed by atoms with van der Waals surface area (Å²) in [5.41, 5.74) is -3.79. The monoisotopic (exact) mass is 1270 g/mol. The maximum atomic E-state index is 14.0. The minimum absolute atomic E-state index is 0.144. The van der Waals surface area contributed by atoms with E-state index in [1.54, 1.807) is 0 Å². The Morgan fingerprint density at radius 2 is 0.539 bits per heavy atom. The number of aliphatic hydroxyl groups excluding tert-OH is 4. The lowest BCUT2D eigenvalue weighted by Crippen LogP contribution is -2.66. The summed E-state index contributed by atoms with van der Waals surface area (Å²) in [7, 11) is 0. The van der Waals surface area contributed by atoms with Crippen molar-refractivity contribution in [3.63, 3.8) is 0 Å². The van der Waals surface area contributed by atoms with E-state index < -0.39 is 61.5 Å². The molecule has 7 N–H and O–H groups in total. The summed E-state index contributed by atoms with van der Waals surface area (Å²) in [6.07, 6.45) is 70.8. The highest BCUT2D eigenvalue weighted by atomic mass is 16.5. The van der Waals surface area contributed by atoms with Crippen molar-refractivity contribution in [2.24, 2.45) is 0 Å². The van der Waals surface area contributed by atoms with Gasteiger partial charge in [-0.15, -0.1) is 0 Å². The molecule has 0 heterocycles. The van der Waals surface area contributed by atoms with Gasteiger partial charge in [0.1, 0.15) is 12.1 Å². The van der Waals surface area contributed by atoms with Crippen molar-refractivity contribution in [2.45, 2.75) is 443 Å². The van der Waals surface area contributed by atoms with Gasteiger partial charge in [-0.3, -0.25) is 14.4 Å².